The standard InChI is InChI=1S/C34H27N3O/c1-22-12-18-31-28(20-22)29-21-27(17-19-32(29)37(31)30-11-7-6-8-23(30)2)24-13-15-26(16-14-24)34-36-35-33(38-34)25-9-4-3-5-10-25/h3-21,23,30H,1-2H3. The Morgan fingerprint density at radius 1 is 0.632 bits per heavy atom. The maximum absolute atomic E-state index is 5.95. The van der Waals surface area contributed by atoms with Crippen molar-refractivity contribution < 1.29 is 4.42 Å². The molecule has 0 fully saturated rings. The van der Waals surface area contributed by atoms with Gasteiger partial charge in [0.15, 0.2) is 0 Å². The van der Waals surface area contributed by atoms with Crippen molar-refractivity contribution in [1.29, 1.82) is 0 Å². The SMILES string of the molecule is Cc1ccc2c(c1)c1cc(-c3ccc(-c4nnc(-c5ccccc5)o4)cc3)ccc1n2C1C=CC=CC1C. The number of rotatable bonds is 4. The summed E-state index contributed by atoms with van der Waals surface area (Å²) >= 11 is 0. The lowest BCUT2D eigenvalue weighted by atomic mass is 9.96. The predicted octanol–water partition coefficient (Wildman–Crippen LogP) is 8.79. The number of aromatic nitrogens is 3. The first kappa shape index (κ1) is 22.5. The first-order valence-corrected chi connectivity index (χ1v) is 13.0. The van der Waals surface area contributed by atoms with Crippen molar-refractivity contribution in [3.63, 3.8) is 0 Å². The molecule has 2 heterocycles. The summed E-state index contributed by atoms with van der Waals surface area (Å²) in [6.45, 7) is 4.45. The van der Waals surface area contributed by atoms with Crippen molar-refractivity contribution in [2.45, 2.75) is 19.9 Å². The Balaban J connectivity index is 1.28. The third kappa shape index (κ3) is 3.77. The fraction of sp³-hybridized carbons (Fsp3) is 0.118. The molecule has 0 spiro atoms. The highest BCUT2D eigenvalue weighted by Crippen LogP contribution is 2.38. The average molecular weight is 494 g/mol. The van der Waals surface area contributed by atoms with Crippen LogP contribution in [0.25, 0.3) is 55.8 Å². The van der Waals surface area contributed by atoms with Gasteiger partial charge in [-0.1, -0.05) is 79.3 Å². The summed E-state index contributed by atoms with van der Waals surface area (Å²) in [5.74, 6) is 1.48. The number of allylic oxidation sites excluding steroid dienone is 4. The van der Waals surface area contributed by atoms with Gasteiger partial charge in [-0.25, -0.2) is 0 Å². The van der Waals surface area contributed by atoms with Crippen LogP contribution in [-0.2, 0) is 0 Å². The van der Waals surface area contributed by atoms with Gasteiger partial charge in [0.2, 0.25) is 11.8 Å². The number of hydrogen-bond acceptors (Lipinski definition) is 3. The number of hydrogen-bond donors (Lipinski definition) is 0. The molecule has 38 heavy (non-hydrogen) atoms. The molecule has 0 amide bonds. The van der Waals surface area contributed by atoms with Gasteiger partial charge in [-0.05, 0) is 72.5 Å². The van der Waals surface area contributed by atoms with E-state index >= 15 is 0 Å². The van der Waals surface area contributed by atoms with Crippen molar-refractivity contribution >= 4 is 21.8 Å². The molecule has 0 saturated heterocycles. The van der Waals surface area contributed by atoms with E-state index in [0.717, 1.165) is 16.7 Å². The van der Waals surface area contributed by atoms with Crippen LogP contribution in [-0.4, -0.2) is 14.8 Å². The van der Waals surface area contributed by atoms with Crippen LogP contribution in [0.3, 0.4) is 0 Å². The van der Waals surface area contributed by atoms with E-state index in [1.54, 1.807) is 0 Å². The third-order valence-electron chi connectivity index (χ3n) is 7.54. The summed E-state index contributed by atoms with van der Waals surface area (Å²) in [5, 5.41) is 11.1. The van der Waals surface area contributed by atoms with E-state index < -0.39 is 0 Å². The summed E-state index contributed by atoms with van der Waals surface area (Å²) in [7, 11) is 0. The molecule has 2 atom stereocenters. The van der Waals surface area contributed by atoms with Gasteiger partial charge in [0.05, 0.1) is 6.04 Å². The summed E-state index contributed by atoms with van der Waals surface area (Å²) in [5.41, 5.74) is 7.98. The molecule has 0 bridgehead atoms. The highest BCUT2D eigenvalue weighted by Gasteiger charge is 2.22. The molecular formula is C34H27N3O. The van der Waals surface area contributed by atoms with E-state index in [1.807, 2.05) is 30.3 Å². The molecule has 0 N–H and O–H groups in total. The number of benzene rings is 4. The number of aryl methyl sites for hydroxylation is 1. The van der Waals surface area contributed by atoms with E-state index in [4.69, 9.17) is 4.42 Å². The van der Waals surface area contributed by atoms with Crippen LogP contribution < -0.4 is 0 Å². The lowest BCUT2D eigenvalue weighted by Gasteiger charge is -2.24. The predicted molar refractivity (Wildman–Crippen MR) is 155 cm³/mol. The number of nitrogens with zero attached hydrogens (tertiary/aromatic N) is 3. The van der Waals surface area contributed by atoms with Crippen LogP contribution in [0, 0.1) is 12.8 Å². The Kier molecular flexibility index (Phi) is 5.33. The molecule has 4 heteroatoms. The lowest BCUT2D eigenvalue weighted by Crippen LogP contribution is -2.15. The maximum Gasteiger partial charge on any atom is 0.248 e. The Labute approximate surface area is 221 Å². The fourth-order valence-electron chi connectivity index (χ4n) is 5.54. The van der Waals surface area contributed by atoms with Gasteiger partial charge in [-0.2, -0.15) is 0 Å². The largest absolute Gasteiger partial charge is 0.416 e. The smallest absolute Gasteiger partial charge is 0.248 e. The summed E-state index contributed by atoms with van der Waals surface area (Å²) < 4.78 is 8.45. The third-order valence-corrected chi connectivity index (χ3v) is 7.54. The van der Waals surface area contributed by atoms with Crippen LogP contribution in [0.4, 0.5) is 0 Å². The van der Waals surface area contributed by atoms with Crippen molar-refractivity contribution in [2.75, 3.05) is 0 Å². The van der Waals surface area contributed by atoms with Gasteiger partial charge in [-0.15, -0.1) is 10.2 Å². The first-order valence-electron chi connectivity index (χ1n) is 13.0. The molecule has 4 aromatic carbocycles. The molecule has 184 valence electrons. The molecule has 0 saturated carbocycles. The van der Waals surface area contributed by atoms with Gasteiger partial charge in [0, 0.05) is 32.9 Å². The monoisotopic (exact) mass is 493 g/mol. The van der Waals surface area contributed by atoms with E-state index in [-0.39, 0.29) is 0 Å². The van der Waals surface area contributed by atoms with Crippen LogP contribution in [0.1, 0.15) is 18.5 Å². The van der Waals surface area contributed by atoms with Gasteiger partial charge in [-0.3, -0.25) is 0 Å². The van der Waals surface area contributed by atoms with Crippen molar-refractivity contribution in [3.05, 3.63) is 121 Å². The quantitative estimate of drug-likeness (QED) is 0.246. The second-order valence-corrected chi connectivity index (χ2v) is 10.1. The minimum absolute atomic E-state index is 0.294. The molecule has 2 unspecified atom stereocenters. The minimum atomic E-state index is 0.294. The van der Waals surface area contributed by atoms with Crippen LogP contribution >= 0.6 is 0 Å². The average Bonchev–Trinajstić information content (AvgIpc) is 3.57. The van der Waals surface area contributed by atoms with Crippen molar-refractivity contribution in [2.24, 2.45) is 5.92 Å². The molecule has 2 aromatic heterocycles. The fourth-order valence-corrected chi connectivity index (χ4v) is 5.54. The molecule has 0 aliphatic heterocycles. The zero-order valence-electron chi connectivity index (χ0n) is 21.4. The summed E-state index contributed by atoms with van der Waals surface area (Å²) in [6.07, 6.45) is 8.92. The van der Waals surface area contributed by atoms with Crippen molar-refractivity contribution in [1.82, 2.24) is 14.8 Å². The zero-order valence-corrected chi connectivity index (χ0v) is 21.4. The van der Waals surface area contributed by atoms with Crippen molar-refractivity contribution in [3.8, 4) is 34.0 Å². The molecule has 0 radical (unpaired) electrons. The van der Waals surface area contributed by atoms with Crippen LogP contribution in [0.2, 0.25) is 0 Å². The molecule has 6 aromatic rings. The minimum Gasteiger partial charge on any atom is -0.416 e. The second kappa shape index (κ2) is 9.00. The zero-order chi connectivity index (χ0) is 25.6. The van der Waals surface area contributed by atoms with Gasteiger partial charge in [0.25, 0.3) is 0 Å². The molecule has 4 nitrogen and oxygen atoms in total. The maximum atomic E-state index is 5.95. The molecule has 1 aliphatic rings. The van der Waals surface area contributed by atoms with Crippen LogP contribution in [0.5, 0.6) is 0 Å². The summed E-state index contributed by atoms with van der Waals surface area (Å²) in [4.78, 5) is 0. The summed E-state index contributed by atoms with van der Waals surface area (Å²) in [6, 6.07) is 32.1. The lowest BCUT2D eigenvalue weighted by molar-refractivity contribution is 0.510. The highest BCUT2D eigenvalue weighted by atomic mass is 16.4. The highest BCUT2D eigenvalue weighted by molar-refractivity contribution is 6.09. The van der Waals surface area contributed by atoms with Gasteiger partial charge in [0.1, 0.15) is 0 Å². The normalized spacial score (nSPS) is 17.0. The Morgan fingerprint density at radius 3 is 1.97 bits per heavy atom. The van der Waals surface area contributed by atoms with Gasteiger partial charge >= 0.3 is 0 Å². The van der Waals surface area contributed by atoms with Crippen LogP contribution in [0.15, 0.2) is 120 Å². The van der Waals surface area contributed by atoms with Gasteiger partial charge < -0.3 is 8.98 Å². The molecular weight excluding hydrogens is 466 g/mol. The Hall–Kier alpha value is -4.70. The van der Waals surface area contributed by atoms with E-state index in [1.165, 1.54) is 32.9 Å². The Bertz CT molecular complexity index is 1840. The van der Waals surface area contributed by atoms with E-state index in [0.29, 0.717) is 23.7 Å². The second-order valence-electron chi connectivity index (χ2n) is 10.1. The topological polar surface area (TPSA) is 43.9 Å². The molecule has 7 rings (SSSR count). The van der Waals surface area contributed by atoms with E-state index in [9.17, 15) is 0 Å². The first-order chi connectivity index (χ1) is 18.7. The van der Waals surface area contributed by atoms with E-state index in [2.05, 4.69) is 114 Å². The number of fused-ring (bicyclic) bond motifs is 3. The molecule has 1 aliphatic carbocycles. The Morgan fingerprint density at radius 2 is 1.24 bits per heavy atom.